The summed E-state index contributed by atoms with van der Waals surface area (Å²) in [4.78, 5) is 24.5. The van der Waals surface area contributed by atoms with Crippen LogP contribution in [0.15, 0.2) is 47.4 Å². The summed E-state index contributed by atoms with van der Waals surface area (Å²) in [5.74, 6) is -0.382. The first-order valence-electron chi connectivity index (χ1n) is 9.11. The number of rotatable bonds is 8. The van der Waals surface area contributed by atoms with Gasteiger partial charge >= 0.3 is 0 Å². The summed E-state index contributed by atoms with van der Waals surface area (Å²) >= 11 is 0. The fourth-order valence-corrected chi connectivity index (χ4v) is 3.86. The number of hydrogen-bond donors (Lipinski definition) is 2. The number of Topliss-reactive ketones (excluding diaryl/α,β-unsaturated/α-hetero) is 1. The zero-order valence-corrected chi connectivity index (χ0v) is 17.4. The summed E-state index contributed by atoms with van der Waals surface area (Å²) in [6, 6.07) is 11.2. The number of sulfonamides is 1. The maximum Gasteiger partial charge on any atom is 0.240 e. The first-order chi connectivity index (χ1) is 13.1. The molecule has 0 atom stereocenters. The molecule has 2 N–H and O–H groups in total. The first-order valence-corrected chi connectivity index (χ1v) is 10.6. The fourth-order valence-electron chi connectivity index (χ4n) is 2.61. The van der Waals surface area contributed by atoms with Gasteiger partial charge in [0, 0.05) is 30.1 Å². The van der Waals surface area contributed by atoms with E-state index in [1.54, 1.807) is 19.9 Å². The molecule has 0 bridgehead atoms. The molecule has 0 fully saturated rings. The second-order valence-corrected chi connectivity index (χ2v) is 8.78. The molecule has 2 aromatic rings. The number of ketones is 1. The van der Waals surface area contributed by atoms with E-state index in [9.17, 15) is 18.0 Å². The van der Waals surface area contributed by atoms with E-state index in [2.05, 4.69) is 10.0 Å². The molecule has 2 rings (SSSR count). The molecule has 0 spiro atoms. The highest BCUT2D eigenvalue weighted by Crippen LogP contribution is 2.16. The van der Waals surface area contributed by atoms with E-state index in [1.165, 1.54) is 24.3 Å². The molecular formula is C21H26N2O4S. The van der Waals surface area contributed by atoms with E-state index >= 15 is 0 Å². The Labute approximate surface area is 166 Å². The van der Waals surface area contributed by atoms with Crippen molar-refractivity contribution in [2.24, 2.45) is 0 Å². The maximum atomic E-state index is 12.3. The lowest BCUT2D eigenvalue weighted by atomic mass is 10.0. The van der Waals surface area contributed by atoms with E-state index in [1.807, 2.05) is 26.0 Å². The van der Waals surface area contributed by atoms with Crippen molar-refractivity contribution in [2.45, 2.75) is 51.5 Å². The Morgan fingerprint density at radius 2 is 1.57 bits per heavy atom. The molecule has 2 aromatic carbocycles. The Morgan fingerprint density at radius 3 is 2.14 bits per heavy atom. The van der Waals surface area contributed by atoms with Crippen molar-refractivity contribution in [3.05, 3.63) is 59.2 Å². The van der Waals surface area contributed by atoms with E-state index < -0.39 is 10.0 Å². The molecule has 0 radical (unpaired) electrons. The quantitative estimate of drug-likeness (QED) is 0.660. The molecule has 0 saturated carbocycles. The average molecular weight is 403 g/mol. The van der Waals surface area contributed by atoms with E-state index in [-0.39, 0.29) is 35.5 Å². The van der Waals surface area contributed by atoms with Crippen molar-refractivity contribution in [3.63, 3.8) is 0 Å². The van der Waals surface area contributed by atoms with Gasteiger partial charge < -0.3 is 5.32 Å². The number of hydrogen-bond acceptors (Lipinski definition) is 4. The third-order valence-corrected chi connectivity index (χ3v) is 5.92. The van der Waals surface area contributed by atoms with Crippen LogP contribution in [0.5, 0.6) is 0 Å². The summed E-state index contributed by atoms with van der Waals surface area (Å²) in [6.45, 7) is 7.41. The molecular weight excluding hydrogens is 376 g/mol. The zero-order chi connectivity index (χ0) is 20.9. The lowest BCUT2D eigenvalue weighted by Gasteiger charge is -2.10. The number of amides is 1. The smallest absolute Gasteiger partial charge is 0.240 e. The summed E-state index contributed by atoms with van der Waals surface area (Å²) < 4.78 is 26.7. The average Bonchev–Trinajstić information content (AvgIpc) is 2.61. The van der Waals surface area contributed by atoms with Gasteiger partial charge in [-0.2, -0.15) is 0 Å². The standard InChI is InChI=1S/C21H26N2O4S/c1-14(2)23-28(26,27)19-9-7-18(8-10-19)22-21(25)12-11-20(24)17-6-5-15(3)16(4)13-17/h5-10,13-14,23H,11-12H2,1-4H3,(H,22,25). The van der Waals surface area contributed by atoms with E-state index in [4.69, 9.17) is 0 Å². The first kappa shape index (κ1) is 21.8. The Morgan fingerprint density at radius 1 is 0.929 bits per heavy atom. The summed E-state index contributed by atoms with van der Waals surface area (Å²) in [7, 11) is -3.57. The van der Waals surface area contributed by atoms with Gasteiger partial charge in [-0.25, -0.2) is 13.1 Å². The molecule has 7 heteroatoms. The Kier molecular flexibility index (Phi) is 7.10. The van der Waals surface area contributed by atoms with Gasteiger partial charge in [-0.3, -0.25) is 9.59 Å². The number of carbonyl (C=O) groups excluding carboxylic acids is 2. The molecule has 0 unspecified atom stereocenters. The Hall–Kier alpha value is -2.51. The molecule has 150 valence electrons. The number of aryl methyl sites for hydroxylation is 2. The van der Waals surface area contributed by atoms with Crippen molar-refractivity contribution >= 4 is 27.4 Å². The molecule has 0 heterocycles. The van der Waals surface area contributed by atoms with Gasteiger partial charge in [0.05, 0.1) is 4.90 Å². The SMILES string of the molecule is Cc1ccc(C(=O)CCC(=O)Nc2ccc(S(=O)(=O)NC(C)C)cc2)cc1C. The highest BCUT2D eigenvalue weighted by atomic mass is 32.2. The van der Waals surface area contributed by atoms with Gasteiger partial charge in [0.15, 0.2) is 5.78 Å². The van der Waals surface area contributed by atoms with Crippen LogP contribution in [0, 0.1) is 13.8 Å². The summed E-state index contributed by atoms with van der Waals surface area (Å²) in [5.41, 5.74) is 3.23. The monoisotopic (exact) mass is 402 g/mol. The van der Waals surface area contributed by atoms with Crippen LogP contribution < -0.4 is 10.0 Å². The van der Waals surface area contributed by atoms with Crippen molar-refractivity contribution in [3.8, 4) is 0 Å². The molecule has 0 saturated heterocycles. The molecule has 6 nitrogen and oxygen atoms in total. The normalized spacial score (nSPS) is 11.5. The second kappa shape index (κ2) is 9.12. The predicted molar refractivity (Wildman–Crippen MR) is 110 cm³/mol. The van der Waals surface area contributed by atoms with Crippen LogP contribution in [0.25, 0.3) is 0 Å². The Balaban J connectivity index is 1.92. The largest absolute Gasteiger partial charge is 0.326 e. The van der Waals surface area contributed by atoms with Crippen molar-refractivity contribution in [2.75, 3.05) is 5.32 Å². The third kappa shape index (κ3) is 6.00. The topological polar surface area (TPSA) is 92.3 Å². The Bertz CT molecular complexity index is 964. The van der Waals surface area contributed by atoms with Crippen LogP contribution in [0.4, 0.5) is 5.69 Å². The van der Waals surface area contributed by atoms with Crippen molar-refractivity contribution in [1.82, 2.24) is 4.72 Å². The molecule has 0 aliphatic rings. The summed E-state index contributed by atoms with van der Waals surface area (Å²) in [6.07, 6.45) is 0.166. The molecule has 0 aliphatic heterocycles. The number of benzene rings is 2. The highest BCUT2D eigenvalue weighted by molar-refractivity contribution is 7.89. The number of carbonyl (C=O) groups is 2. The maximum absolute atomic E-state index is 12.3. The predicted octanol–water partition coefficient (Wildman–Crippen LogP) is 3.59. The van der Waals surface area contributed by atoms with Crippen LogP contribution in [-0.2, 0) is 14.8 Å². The molecule has 0 aromatic heterocycles. The minimum atomic E-state index is -3.57. The van der Waals surface area contributed by atoms with Gasteiger partial charge in [-0.05, 0) is 69.2 Å². The number of nitrogens with one attached hydrogen (secondary N) is 2. The van der Waals surface area contributed by atoms with E-state index in [0.717, 1.165) is 11.1 Å². The lowest BCUT2D eigenvalue weighted by molar-refractivity contribution is -0.116. The summed E-state index contributed by atoms with van der Waals surface area (Å²) in [5, 5.41) is 2.68. The zero-order valence-electron chi connectivity index (χ0n) is 16.6. The minimum Gasteiger partial charge on any atom is -0.326 e. The van der Waals surface area contributed by atoms with Crippen molar-refractivity contribution in [1.29, 1.82) is 0 Å². The van der Waals surface area contributed by atoms with Crippen LogP contribution in [0.1, 0.15) is 48.2 Å². The van der Waals surface area contributed by atoms with Gasteiger partial charge in [-0.15, -0.1) is 0 Å². The van der Waals surface area contributed by atoms with Gasteiger partial charge in [0.1, 0.15) is 0 Å². The van der Waals surface area contributed by atoms with Gasteiger partial charge in [0.25, 0.3) is 0 Å². The third-order valence-electron chi connectivity index (χ3n) is 4.25. The van der Waals surface area contributed by atoms with Gasteiger partial charge in [-0.1, -0.05) is 12.1 Å². The van der Waals surface area contributed by atoms with Crippen molar-refractivity contribution < 1.29 is 18.0 Å². The van der Waals surface area contributed by atoms with Crippen LogP contribution in [0.2, 0.25) is 0 Å². The molecule has 28 heavy (non-hydrogen) atoms. The molecule has 1 amide bonds. The van der Waals surface area contributed by atoms with Gasteiger partial charge in [0.2, 0.25) is 15.9 Å². The molecule has 0 aliphatic carbocycles. The van der Waals surface area contributed by atoms with Crippen LogP contribution >= 0.6 is 0 Å². The second-order valence-electron chi connectivity index (χ2n) is 7.07. The van der Waals surface area contributed by atoms with Crippen LogP contribution in [-0.4, -0.2) is 26.2 Å². The fraction of sp³-hybridized carbons (Fsp3) is 0.333. The number of anilines is 1. The van der Waals surface area contributed by atoms with Crippen LogP contribution in [0.3, 0.4) is 0 Å². The highest BCUT2D eigenvalue weighted by Gasteiger charge is 2.15. The van der Waals surface area contributed by atoms with E-state index in [0.29, 0.717) is 11.3 Å². The minimum absolute atomic E-state index is 0.0563. The lowest BCUT2D eigenvalue weighted by Crippen LogP contribution is -2.30.